The van der Waals surface area contributed by atoms with Crippen LogP contribution in [0, 0.1) is 10.1 Å². The summed E-state index contributed by atoms with van der Waals surface area (Å²) < 4.78 is 5.23. The largest absolute Gasteiger partial charge is 0.457 e. The highest BCUT2D eigenvalue weighted by molar-refractivity contribution is 6.04. The van der Waals surface area contributed by atoms with E-state index in [4.69, 9.17) is 4.74 Å². The monoisotopic (exact) mass is 339 g/mol. The third kappa shape index (κ3) is 5.69. The first-order valence-electron chi connectivity index (χ1n) is 7.65. The number of carbonyl (C=O) groups is 2. The van der Waals surface area contributed by atoms with Crippen LogP contribution in [0.3, 0.4) is 0 Å². The van der Waals surface area contributed by atoms with E-state index in [1.54, 1.807) is 13.0 Å². The molecule has 1 atom stereocenters. The molecule has 0 saturated heterocycles. The van der Waals surface area contributed by atoms with Crippen molar-refractivity contribution in [3.8, 4) is 0 Å². The number of hydrogen-bond acceptors (Lipinski definition) is 5. The van der Waals surface area contributed by atoms with E-state index < -0.39 is 22.8 Å². The average molecular weight is 339 g/mol. The minimum absolute atomic E-state index is 0.0642. The maximum atomic E-state index is 11.8. The van der Waals surface area contributed by atoms with Crippen LogP contribution in [0.2, 0.25) is 0 Å². The summed E-state index contributed by atoms with van der Waals surface area (Å²) >= 11 is 0. The number of hydrogen-bond donors (Lipinski definition) is 0. The molecule has 0 aliphatic rings. The Hall–Kier alpha value is -3.28. The molecule has 0 spiro atoms. The summed E-state index contributed by atoms with van der Waals surface area (Å²) in [7, 11) is 0. The van der Waals surface area contributed by atoms with Gasteiger partial charge < -0.3 is 4.74 Å². The van der Waals surface area contributed by atoms with Gasteiger partial charge in [0.25, 0.3) is 5.69 Å². The SMILES string of the molecule is CC(OC(=O)CC(=O)C=Cc1cccc([N+](=O)[O-])c1)c1ccccc1. The molecule has 0 radical (unpaired) electrons. The van der Waals surface area contributed by atoms with Gasteiger partial charge >= 0.3 is 5.97 Å². The first kappa shape index (κ1) is 18.1. The van der Waals surface area contributed by atoms with Gasteiger partial charge in [0, 0.05) is 12.1 Å². The summed E-state index contributed by atoms with van der Waals surface area (Å²) in [5.41, 5.74) is 1.29. The predicted octanol–water partition coefficient (Wildman–Crippen LogP) is 3.87. The normalized spacial score (nSPS) is 11.9. The molecule has 0 aromatic heterocycles. The van der Waals surface area contributed by atoms with Crippen LogP contribution >= 0.6 is 0 Å². The number of non-ortho nitro benzene ring substituents is 1. The molecule has 0 amide bonds. The van der Waals surface area contributed by atoms with Crippen molar-refractivity contribution in [2.45, 2.75) is 19.4 Å². The zero-order valence-corrected chi connectivity index (χ0v) is 13.6. The van der Waals surface area contributed by atoms with E-state index in [0.717, 1.165) is 5.56 Å². The Bertz CT molecular complexity index is 798. The van der Waals surface area contributed by atoms with E-state index in [1.807, 2.05) is 30.3 Å². The van der Waals surface area contributed by atoms with Crippen molar-refractivity contribution < 1.29 is 19.2 Å². The molecule has 128 valence electrons. The van der Waals surface area contributed by atoms with Gasteiger partial charge in [-0.2, -0.15) is 0 Å². The molecule has 0 N–H and O–H groups in total. The number of esters is 1. The van der Waals surface area contributed by atoms with Crippen molar-refractivity contribution in [3.63, 3.8) is 0 Å². The van der Waals surface area contributed by atoms with Crippen LogP contribution in [0.1, 0.15) is 30.6 Å². The lowest BCUT2D eigenvalue weighted by atomic mass is 10.1. The second-order valence-electron chi connectivity index (χ2n) is 5.37. The van der Waals surface area contributed by atoms with Gasteiger partial charge in [-0.25, -0.2) is 0 Å². The molecule has 1 unspecified atom stereocenters. The van der Waals surface area contributed by atoms with E-state index in [0.29, 0.717) is 5.56 Å². The lowest BCUT2D eigenvalue weighted by Crippen LogP contribution is -2.12. The summed E-state index contributed by atoms with van der Waals surface area (Å²) in [6.07, 6.45) is 1.82. The smallest absolute Gasteiger partial charge is 0.314 e. The number of allylic oxidation sites excluding steroid dienone is 1. The molecular weight excluding hydrogens is 322 g/mol. The van der Waals surface area contributed by atoms with Crippen molar-refractivity contribution >= 4 is 23.5 Å². The van der Waals surface area contributed by atoms with E-state index in [2.05, 4.69) is 0 Å². The van der Waals surface area contributed by atoms with Crippen LogP contribution in [0.25, 0.3) is 6.08 Å². The van der Waals surface area contributed by atoms with Crippen molar-refractivity contribution in [1.29, 1.82) is 0 Å². The highest BCUT2D eigenvalue weighted by Crippen LogP contribution is 2.17. The van der Waals surface area contributed by atoms with Crippen molar-refractivity contribution in [2.24, 2.45) is 0 Å². The van der Waals surface area contributed by atoms with Crippen LogP contribution < -0.4 is 0 Å². The molecule has 0 bridgehead atoms. The van der Waals surface area contributed by atoms with Gasteiger partial charge in [-0.05, 0) is 24.1 Å². The zero-order chi connectivity index (χ0) is 18.2. The Morgan fingerprint density at radius 1 is 1.16 bits per heavy atom. The Kier molecular flexibility index (Phi) is 6.17. The van der Waals surface area contributed by atoms with Gasteiger partial charge in [-0.15, -0.1) is 0 Å². The molecule has 2 rings (SSSR count). The lowest BCUT2D eigenvalue weighted by molar-refractivity contribution is -0.384. The zero-order valence-electron chi connectivity index (χ0n) is 13.6. The fraction of sp³-hybridized carbons (Fsp3) is 0.158. The fourth-order valence-electron chi connectivity index (χ4n) is 2.16. The summed E-state index contributed by atoms with van der Waals surface area (Å²) in [6.45, 7) is 1.73. The first-order chi connectivity index (χ1) is 12.0. The number of carbonyl (C=O) groups excluding carboxylic acids is 2. The van der Waals surface area contributed by atoms with E-state index in [1.165, 1.54) is 30.4 Å². The summed E-state index contributed by atoms with van der Waals surface area (Å²) in [5.74, 6) is -1.05. The number of ketones is 1. The average Bonchev–Trinajstić information content (AvgIpc) is 2.60. The molecule has 0 aliphatic heterocycles. The molecule has 2 aromatic rings. The molecule has 2 aromatic carbocycles. The summed E-state index contributed by atoms with van der Waals surface area (Å²) in [6, 6.07) is 15.1. The Morgan fingerprint density at radius 2 is 1.88 bits per heavy atom. The Balaban J connectivity index is 1.90. The van der Waals surface area contributed by atoms with Gasteiger partial charge in [0.15, 0.2) is 5.78 Å². The van der Waals surface area contributed by atoms with Gasteiger partial charge in [0.05, 0.1) is 4.92 Å². The number of nitro groups is 1. The van der Waals surface area contributed by atoms with Gasteiger partial charge in [0.1, 0.15) is 12.5 Å². The minimum atomic E-state index is -0.620. The lowest BCUT2D eigenvalue weighted by Gasteiger charge is -2.12. The second-order valence-corrected chi connectivity index (χ2v) is 5.37. The first-order valence-corrected chi connectivity index (χ1v) is 7.65. The molecule has 25 heavy (non-hydrogen) atoms. The molecular formula is C19H17NO5. The summed E-state index contributed by atoms with van der Waals surface area (Å²) in [5, 5.41) is 10.7. The highest BCUT2D eigenvalue weighted by Gasteiger charge is 2.14. The van der Waals surface area contributed by atoms with Crippen molar-refractivity contribution in [3.05, 3.63) is 81.9 Å². The van der Waals surface area contributed by atoms with Crippen LogP contribution in [0.5, 0.6) is 0 Å². The predicted molar refractivity (Wildman–Crippen MR) is 92.7 cm³/mol. The Labute approximate surface area is 144 Å². The number of rotatable bonds is 7. The van der Waals surface area contributed by atoms with Gasteiger partial charge in [0.2, 0.25) is 0 Å². The van der Waals surface area contributed by atoms with Gasteiger partial charge in [-0.3, -0.25) is 19.7 Å². The third-order valence-electron chi connectivity index (χ3n) is 3.44. The third-order valence-corrected chi connectivity index (χ3v) is 3.44. The van der Waals surface area contributed by atoms with E-state index >= 15 is 0 Å². The van der Waals surface area contributed by atoms with E-state index in [9.17, 15) is 19.7 Å². The molecule has 0 heterocycles. The maximum absolute atomic E-state index is 11.8. The van der Waals surface area contributed by atoms with Crippen LogP contribution in [0.15, 0.2) is 60.7 Å². The number of ether oxygens (including phenoxy) is 1. The summed E-state index contributed by atoms with van der Waals surface area (Å²) in [4.78, 5) is 33.9. The van der Waals surface area contributed by atoms with Crippen LogP contribution in [-0.2, 0) is 14.3 Å². The van der Waals surface area contributed by atoms with Crippen LogP contribution in [0.4, 0.5) is 5.69 Å². The van der Waals surface area contributed by atoms with Crippen LogP contribution in [-0.4, -0.2) is 16.7 Å². The van der Waals surface area contributed by atoms with Gasteiger partial charge in [-0.1, -0.05) is 48.5 Å². The second kappa shape index (κ2) is 8.54. The number of benzene rings is 2. The molecule has 0 fully saturated rings. The standard InChI is InChI=1S/C19H17NO5/c1-14(16-7-3-2-4-8-16)25-19(22)13-18(21)11-10-15-6-5-9-17(12-15)20(23)24/h2-12,14H,13H2,1H3. The highest BCUT2D eigenvalue weighted by atomic mass is 16.6. The Morgan fingerprint density at radius 3 is 2.56 bits per heavy atom. The van der Waals surface area contributed by atoms with E-state index in [-0.39, 0.29) is 12.1 Å². The molecule has 0 aliphatic carbocycles. The quantitative estimate of drug-likeness (QED) is 0.251. The fourth-order valence-corrected chi connectivity index (χ4v) is 2.16. The number of nitro benzene ring substituents is 1. The molecule has 6 heteroatoms. The molecule has 0 saturated carbocycles. The molecule has 6 nitrogen and oxygen atoms in total. The van der Waals surface area contributed by atoms with Crippen molar-refractivity contribution in [2.75, 3.05) is 0 Å². The van der Waals surface area contributed by atoms with Crippen molar-refractivity contribution in [1.82, 2.24) is 0 Å². The minimum Gasteiger partial charge on any atom is -0.457 e. The topological polar surface area (TPSA) is 86.5 Å². The maximum Gasteiger partial charge on any atom is 0.314 e. The number of nitrogens with zero attached hydrogens (tertiary/aromatic N) is 1.